The Morgan fingerprint density at radius 2 is 2.15 bits per heavy atom. The van der Waals surface area contributed by atoms with Gasteiger partial charge in [0.05, 0.1) is 18.3 Å². The third kappa shape index (κ3) is 3.80. The number of hydrogen-bond acceptors (Lipinski definition) is 6. The summed E-state index contributed by atoms with van der Waals surface area (Å²) in [6.45, 7) is 1.45. The molecular formula is C13H17BN2O3S. The first-order valence-corrected chi connectivity index (χ1v) is 7.13. The van der Waals surface area contributed by atoms with E-state index in [0.717, 1.165) is 17.8 Å². The van der Waals surface area contributed by atoms with Crippen LogP contribution in [0.15, 0.2) is 29.1 Å². The van der Waals surface area contributed by atoms with Gasteiger partial charge < -0.3 is 14.8 Å². The van der Waals surface area contributed by atoms with Gasteiger partial charge in [0, 0.05) is 23.9 Å². The Kier molecular flexibility index (Phi) is 5.14. The summed E-state index contributed by atoms with van der Waals surface area (Å²) in [5, 5.41) is 20.7. The smallest absolute Gasteiger partial charge is 0.492 e. The number of methoxy groups -OCH3 is 1. The summed E-state index contributed by atoms with van der Waals surface area (Å²) in [5.41, 5.74) is 4.23. The van der Waals surface area contributed by atoms with E-state index in [-0.39, 0.29) is 0 Å². The summed E-state index contributed by atoms with van der Waals surface area (Å²) in [6.07, 6.45) is 0. The molecule has 2 N–H and O–H groups in total. The van der Waals surface area contributed by atoms with Crippen molar-refractivity contribution in [3.63, 3.8) is 0 Å². The van der Waals surface area contributed by atoms with Crippen molar-refractivity contribution in [1.29, 1.82) is 0 Å². The second-order valence-electron chi connectivity index (χ2n) is 4.60. The lowest BCUT2D eigenvalue weighted by atomic mass is 9.78. The van der Waals surface area contributed by atoms with Crippen molar-refractivity contribution in [2.24, 2.45) is 0 Å². The first-order chi connectivity index (χ1) is 9.60. The van der Waals surface area contributed by atoms with Gasteiger partial charge in [-0.3, -0.25) is 4.90 Å². The minimum absolute atomic E-state index is 0.382. The van der Waals surface area contributed by atoms with Crippen molar-refractivity contribution >= 4 is 23.9 Å². The van der Waals surface area contributed by atoms with Crippen LogP contribution in [0.3, 0.4) is 0 Å². The molecule has 7 heteroatoms. The summed E-state index contributed by atoms with van der Waals surface area (Å²) in [7, 11) is 1.97. The van der Waals surface area contributed by atoms with Crippen molar-refractivity contribution in [3.05, 3.63) is 40.3 Å². The van der Waals surface area contributed by atoms with E-state index < -0.39 is 7.12 Å². The number of rotatable bonds is 6. The molecule has 0 fully saturated rings. The first kappa shape index (κ1) is 15.0. The van der Waals surface area contributed by atoms with E-state index in [0.29, 0.717) is 17.8 Å². The van der Waals surface area contributed by atoms with Gasteiger partial charge in [-0.15, -0.1) is 11.3 Å². The molecule has 1 aromatic carbocycles. The number of ether oxygens (including phenoxy) is 1. The van der Waals surface area contributed by atoms with Crippen LogP contribution in [0.1, 0.15) is 11.3 Å². The maximum Gasteiger partial charge on any atom is 0.492 e. The van der Waals surface area contributed by atoms with Crippen LogP contribution in [0.4, 0.5) is 0 Å². The molecule has 0 atom stereocenters. The zero-order chi connectivity index (χ0) is 14.5. The minimum Gasteiger partial charge on any atom is -0.497 e. The van der Waals surface area contributed by atoms with Crippen LogP contribution in [0.5, 0.6) is 5.75 Å². The second kappa shape index (κ2) is 6.85. The molecule has 0 radical (unpaired) electrons. The lowest BCUT2D eigenvalue weighted by molar-refractivity contribution is 0.315. The zero-order valence-corrected chi connectivity index (χ0v) is 12.3. The molecule has 2 rings (SSSR count). The van der Waals surface area contributed by atoms with Gasteiger partial charge in [-0.2, -0.15) is 0 Å². The number of hydrogen-bond donors (Lipinski definition) is 2. The maximum absolute atomic E-state index is 9.35. The van der Waals surface area contributed by atoms with E-state index in [1.165, 1.54) is 7.11 Å². The first-order valence-electron chi connectivity index (χ1n) is 6.18. The fourth-order valence-corrected chi connectivity index (χ4v) is 2.59. The Balaban J connectivity index is 2.07. The molecule has 0 aliphatic carbocycles. The van der Waals surface area contributed by atoms with E-state index in [4.69, 9.17) is 4.74 Å². The molecule has 20 heavy (non-hydrogen) atoms. The Morgan fingerprint density at radius 3 is 2.75 bits per heavy atom. The molecule has 106 valence electrons. The largest absolute Gasteiger partial charge is 0.497 e. The highest BCUT2D eigenvalue weighted by Crippen LogP contribution is 2.13. The molecule has 0 bridgehead atoms. The minimum atomic E-state index is -1.53. The van der Waals surface area contributed by atoms with Crippen LogP contribution >= 0.6 is 11.3 Å². The quantitative estimate of drug-likeness (QED) is 0.757. The van der Waals surface area contributed by atoms with Crippen molar-refractivity contribution in [2.75, 3.05) is 14.2 Å². The van der Waals surface area contributed by atoms with Crippen molar-refractivity contribution in [3.8, 4) is 5.75 Å². The topological polar surface area (TPSA) is 65.8 Å². The molecule has 0 aliphatic rings. The van der Waals surface area contributed by atoms with Crippen LogP contribution in [-0.4, -0.2) is 41.2 Å². The van der Waals surface area contributed by atoms with E-state index in [1.54, 1.807) is 23.5 Å². The number of aromatic nitrogens is 1. The monoisotopic (exact) mass is 292 g/mol. The Bertz CT molecular complexity index is 549. The van der Waals surface area contributed by atoms with Crippen molar-refractivity contribution in [2.45, 2.75) is 13.1 Å². The van der Waals surface area contributed by atoms with E-state index in [1.807, 2.05) is 24.0 Å². The molecule has 0 amide bonds. The van der Waals surface area contributed by atoms with Crippen LogP contribution in [0.25, 0.3) is 0 Å². The average Bonchev–Trinajstić information content (AvgIpc) is 2.91. The SMILES string of the molecule is COc1ccc(CN(C)Cc2cscn2)cc1B(O)O. The van der Waals surface area contributed by atoms with Gasteiger partial charge in [-0.25, -0.2) is 4.98 Å². The highest BCUT2D eigenvalue weighted by Gasteiger charge is 2.17. The maximum atomic E-state index is 9.35. The zero-order valence-electron chi connectivity index (χ0n) is 11.5. The van der Waals surface area contributed by atoms with Gasteiger partial charge in [-0.05, 0) is 18.7 Å². The summed E-state index contributed by atoms with van der Waals surface area (Å²) < 4.78 is 5.11. The molecule has 2 aromatic rings. The van der Waals surface area contributed by atoms with E-state index in [2.05, 4.69) is 9.88 Å². The normalized spacial score (nSPS) is 10.8. The molecule has 5 nitrogen and oxygen atoms in total. The predicted octanol–water partition coefficient (Wildman–Crippen LogP) is 0.463. The molecule has 0 saturated carbocycles. The molecule has 0 unspecified atom stereocenters. The highest BCUT2D eigenvalue weighted by atomic mass is 32.1. The molecule has 1 aromatic heterocycles. The summed E-state index contributed by atoms with van der Waals surface area (Å²) in [6, 6.07) is 5.42. The van der Waals surface area contributed by atoms with E-state index in [9.17, 15) is 10.0 Å². The Morgan fingerprint density at radius 1 is 1.35 bits per heavy atom. The Labute approximate surface area is 122 Å². The van der Waals surface area contributed by atoms with Gasteiger partial charge in [0.2, 0.25) is 0 Å². The predicted molar refractivity (Wildman–Crippen MR) is 80.1 cm³/mol. The number of benzene rings is 1. The van der Waals surface area contributed by atoms with Gasteiger partial charge in [0.15, 0.2) is 0 Å². The summed E-state index contributed by atoms with van der Waals surface area (Å²) in [5.74, 6) is 0.478. The van der Waals surface area contributed by atoms with Gasteiger partial charge >= 0.3 is 7.12 Å². The van der Waals surface area contributed by atoms with Gasteiger partial charge in [-0.1, -0.05) is 12.1 Å². The van der Waals surface area contributed by atoms with Crippen LogP contribution < -0.4 is 10.2 Å². The van der Waals surface area contributed by atoms with Crippen molar-refractivity contribution < 1.29 is 14.8 Å². The van der Waals surface area contributed by atoms with E-state index >= 15 is 0 Å². The van der Waals surface area contributed by atoms with Crippen LogP contribution in [-0.2, 0) is 13.1 Å². The number of nitrogens with zero attached hydrogens (tertiary/aromatic N) is 2. The Hall–Kier alpha value is -1.41. The van der Waals surface area contributed by atoms with Crippen LogP contribution in [0, 0.1) is 0 Å². The third-order valence-corrected chi connectivity index (χ3v) is 3.58. The summed E-state index contributed by atoms with van der Waals surface area (Å²) >= 11 is 1.58. The molecule has 0 aliphatic heterocycles. The molecule has 1 heterocycles. The average molecular weight is 292 g/mol. The fraction of sp³-hybridized carbons (Fsp3) is 0.308. The molecule has 0 saturated heterocycles. The number of thiazole rings is 1. The fourth-order valence-electron chi connectivity index (χ4n) is 2.04. The van der Waals surface area contributed by atoms with Crippen molar-refractivity contribution in [1.82, 2.24) is 9.88 Å². The van der Waals surface area contributed by atoms with Gasteiger partial charge in [0.25, 0.3) is 0 Å². The standard InChI is InChI=1S/C13H17BN2O3S/c1-16(7-11-8-20-9-15-11)6-10-3-4-13(19-2)12(5-10)14(17)18/h3-5,8-9,17-18H,6-7H2,1-2H3. The third-order valence-electron chi connectivity index (χ3n) is 2.94. The highest BCUT2D eigenvalue weighted by molar-refractivity contribution is 7.07. The lowest BCUT2D eigenvalue weighted by Crippen LogP contribution is -2.32. The lowest BCUT2D eigenvalue weighted by Gasteiger charge is -2.17. The summed E-state index contributed by atoms with van der Waals surface area (Å²) in [4.78, 5) is 6.36. The van der Waals surface area contributed by atoms with Gasteiger partial charge in [0.1, 0.15) is 5.75 Å². The molecular weight excluding hydrogens is 275 g/mol. The molecule has 0 spiro atoms. The second-order valence-corrected chi connectivity index (χ2v) is 5.32. The van der Waals surface area contributed by atoms with Crippen LogP contribution in [0.2, 0.25) is 0 Å².